The van der Waals surface area contributed by atoms with E-state index < -0.39 is 11.7 Å². The Balaban J connectivity index is 1.78. The van der Waals surface area contributed by atoms with Crippen LogP contribution in [0.5, 0.6) is 0 Å². The summed E-state index contributed by atoms with van der Waals surface area (Å²) in [7, 11) is 1.69. The van der Waals surface area contributed by atoms with Gasteiger partial charge in [-0.15, -0.1) is 0 Å². The molecule has 0 aliphatic carbocycles. The van der Waals surface area contributed by atoms with E-state index in [1.54, 1.807) is 13.2 Å². The molecule has 0 atom stereocenters. The van der Waals surface area contributed by atoms with Gasteiger partial charge in [0.1, 0.15) is 11.2 Å². The summed E-state index contributed by atoms with van der Waals surface area (Å²) >= 11 is 0. The van der Waals surface area contributed by atoms with Crippen LogP contribution in [-0.4, -0.2) is 38.1 Å². The number of fused-ring (bicyclic) bond motifs is 2. The summed E-state index contributed by atoms with van der Waals surface area (Å²) in [6, 6.07) is 5.75. The van der Waals surface area contributed by atoms with E-state index in [9.17, 15) is 4.79 Å². The van der Waals surface area contributed by atoms with Crippen LogP contribution in [0.1, 0.15) is 20.8 Å². The molecular weight excluding hydrogens is 342 g/mol. The number of amides is 1. The number of rotatable bonds is 2. The quantitative estimate of drug-likeness (QED) is 0.578. The van der Waals surface area contributed by atoms with E-state index in [4.69, 9.17) is 4.74 Å². The van der Waals surface area contributed by atoms with Gasteiger partial charge in [0.25, 0.3) is 0 Å². The molecule has 7 heteroatoms. The Morgan fingerprint density at radius 2 is 2.00 bits per heavy atom. The summed E-state index contributed by atoms with van der Waals surface area (Å²) in [4.78, 5) is 25.9. The summed E-state index contributed by atoms with van der Waals surface area (Å²) in [5.74, 6) is 0. The second-order valence-corrected chi connectivity index (χ2v) is 7.42. The Morgan fingerprint density at radius 3 is 2.78 bits per heavy atom. The van der Waals surface area contributed by atoms with Gasteiger partial charge < -0.3 is 9.72 Å². The average molecular weight is 363 g/mol. The lowest BCUT2D eigenvalue weighted by molar-refractivity contribution is 0.0589. The zero-order valence-electron chi connectivity index (χ0n) is 15.7. The van der Waals surface area contributed by atoms with Crippen LogP contribution in [0.15, 0.2) is 49.2 Å². The van der Waals surface area contributed by atoms with E-state index in [1.807, 2.05) is 68.2 Å². The van der Waals surface area contributed by atoms with E-state index in [-0.39, 0.29) is 0 Å². The number of hydrogen-bond donors (Lipinski definition) is 1. The smallest absolute Gasteiger partial charge is 0.414 e. The highest BCUT2D eigenvalue weighted by molar-refractivity contribution is 5.94. The minimum atomic E-state index is -0.550. The third-order valence-electron chi connectivity index (χ3n) is 4.30. The Morgan fingerprint density at radius 1 is 1.19 bits per heavy atom. The predicted octanol–water partition coefficient (Wildman–Crippen LogP) is 4.25. The Hall–Kier alpha value is -3.35. The van der Waals surface area contributed by atoms with Crippen molar-refractivity contribution in [2.45, 2.75) is 26.4 Å². The van der Waals surface area contributed by atoms with Crippen molar-refractivity contribution in [2.75, 3.05) is 11.9 Å². The van der Waals surface area contributed by atoms with Gasteiger partial charge >= 0.3 is 6.09 Å². The molecule has 0 saturated carbocycles. The van der Waals surface area contributed by atoms with Gasteiger partial charge in [0.15, 0.2) is 0 Å². The zero-order chi connectivity index (χ0) is 19.2. The normalized spacial score (nSPS) is 11.9. The second-order valence-electron chi connectivity index (χ2n) is 7.42. The number of carbonyl (C=O) groups is 1. The lowest BCUT2D eigenvalue weighted by atomic mass is 10.1. The number of hydrogen-bond acceptors (Lipinski definition) is 4. The fourth-order valence-electron chi connectivity index (χ4n) is 2.99. The molecule has 0 radical (unpaired) electrons. The number of aromatic nitrogens is 4. The highest BCUT2D eigenvalue weighted by atomic mass is 16.6. The Kier molecular flexibility index (Phi) is 3.87. The van der Waals surface area contributed by atoms with Crippen LogP contribution in [0.4, 0.5) is 10.5 Å². The average Bonchev–Trinajstić information content (AvgIpc) is 3.25. The number of pyridine rings is 2. The predicted molar refractivity (Wildman–Crippen MR) is 105 cm³/mol. The largest absolute Gasteiger partial charge is 0.443 e. The first-order chi connectivity index (χ1) is 12.8. The molecule has 138 valence electrons. The van der Waals surface area contributed by atoms with Crippen molar-refractivity contribution in [3.8, 4) is 11.3 Å². The van der Waals surface area contributed by atoms with Gasteiger partial charge in [0.05, 0.1) is 29.3 Å². The first kappa shape index (κ1) is 17.1. The van der Waals surface area contributed by atoms with Gasteiger partial charge in [-0.3, -0.25) is 14.3 Å². The number of ether oxygens (including phenoxy) is 1. The fraction of sp³-hybridized carbons (Fsp3) is 0.250. The van der Waals surface area contributed by atoms with E-state index in [2.05, 4.69) is 15.0 Å². The van der Waals surface area contributed by atoms with Crippen molar-refractivity contribution in [1.29, 1.82) is 0 Å². The van der Waals surface area contributed by atoms with E-state index >= 15 is 0 Å². The van der Waals surface area contributed by atoms with Crippen molar-refractivity contribution in [3.63, 3.8) is 0 Å². The lowest BCUT2D eigenvalue weighted by Gasteiger charge is -2.24. The summed E-state index contributed by atoms with van der Waals surface area (Å²) in [6.07, 6.45) is 8.80. The molecular formula is C20H21N5O2. The summed E-state index contributed by atoms with van der Waals surface area (Å²) in [5, 5.41) is 1.07. The zero-order valence-corrected chi connectivity index (χ0v) is 15.7. The molecule has 1 amide bonds. The standard InChI is InChI=1S/C20H21N5O2/c1-20(2,3)27-19(26)24(4)13-5-6-18-23-11-17(25(18)12-13)15-9-21-10-16-14(15)7-8-22-16/h5-12,22H,1-4H3. The number of nitrogens with one attached hydrogen (secondary N) is 1. The molecule has 1 N–H and O–H groups in total. The van der Waals surface area contributed by atoms with Crippen LogP contribution < -0.4 is 4.90 Å². The number of H-pyrrole nitrogens is 1. The number of carbonyl (C=O) groups excluding carboxylic acids is 1. The third kappa shape index (κ3) is 3.12. The summed E-state index contributed by atoms with van der Waals surface area (Å²) < 4.78 is 7.42. The molecule has 27 heavy (non-hydrogen) atoms. The number of aromatic amines is 1. The summed E-state index contributed by atoms with van der Waals surface area (Å²) in [6.45, 7) is 5.54. The third-order valence-corrected chi connectivity index (χ3v) is 4.30. The molecule has 4 aromatic heterocycles. The van der Waals surface area contributed by atoms with Crippen LogP contribution in [-0.2, 0) is 4.74 Å². The highest BCUT2D eigenvalue weighted by Crippen LogP contribution is 2.29. The molecule has 0 bridgehead atoms. The van der Waals surface area contributed by atoms with Crippen LogP contribution in [0.3, 0.4) is 0 Å². The van der Waals surface area contributed by atoms with Gasteiger partial charge in [-0.1, -0.05) is 0 Å². The first-order valence-corrected chi connectivity index (χ1v) is 8.69. The van der Waals surface area contributed by atoms with Crippen molar-refractivity contribution in [2.24, 2.45) is 0 Å². The molecule has 0 aromatic carbocycles. The highest BCUT2D eigenvalue weighted by Gasteiger charge is 2.21. The molecule has 0 aliphatic heterocycles. The van der Waals surface area contributed by atoms with Gasteiger partial charge in [-0.05, 0) is 39.0 Å². The number of anilines is 1. The van der Waals surface area contributed by atoms with E-state index in [0.717, 1.165) is 27.8 Å². The maximum Gasteiger partial charge on any atom is 0.414 e. The molecule has 7 nitrogen and oxygen atoms in total. The molecule has 4 rings (SSSR count). The number of nitrogens with zero attached hydrogens (tertiary/aromatic N) is 4. The molecule has 0 unspecified atom stereocenters. The van der Waals surface area contributed by atoms with Crippen LogP contribution in [0.25, 0.3) is 27.8 Å². The van der Waals surface area contributed by atoms with Gasteiger partial charge in [0, 0.05) is 36.6 Å². The fourth-order valence-corrected chi connectivity index (χ4v) is 2.99. The van der Waals surface area contributed by atoms with Crippen molar-refractivity contribution in [1.82, 2.24) is 19.4 Å². The van der Waals surface area contributed by atoms with Crippen LogP contribution in [0.2, 0.25) is 0 Å². The van der Waals surface area contributed by atoms with Gasteiger partial charge in [-0.25, -0.2) is 9.78 Å². The molecule has 4 heterocycles. The topological polar surface area (TPSA) is 75.5 Å². The maximum atomic E-state index is 12.4. The van der Waals surface area contributed by atoms with E-state index in [1.165, 1.54) is 4.90 Å². The molecule has 0 fully saturated rings. The molecule has 4 aromatic rings. The minimum Gasteiger partial charge on any atom is -0.443 e. The second kappa shape index (κ2) is 6.12. The van der Waals surface area contributed by atoms with Crippen molar-refractivity contribution in [3.05, 3.63) is 49.2 Å². The van der Waals surface area contributed by atoms with E-state index in [0.29, 0.717) is 5.69 Å². The lowest BCUT2D eigenvalue weighted by Crippen LogP contribution is -2.34. The molecule has 0 aliphatic rings. The molecule has 0 spiro atoms. The van der Waals surface area contributed by atoms with Crippen LogP contribution >= 0.6 is 0 Å². The van der Waals surface area contributed by atoms with Gasteiger partial charge in [-0.2, -0.15) is 0 Å². The number of imidazole rings is 1. The maximum absolute atomic E-state index is 12.4. The Labute approximate surface area is 156 Å². The molecule has 0 saturated heterocycles. The van der Waals surface area contributed by atoms with Crippen LogP contribution in [0, 0.1) is 0 Å². The SMILES string of the molecule is CN(C(=O)OC(C)(C)C)c1ccc2ncc(-c3cncc4[nH]ccc34)n2c1. The van der Waals surface area contributed by atoms with Gasteiger partial charge in [0.2, 0.25) is 0 Å². The minimum absolute atomic E-state index is 0.405. The van der Waals surface area contributed by atoms with Crippen molar-refractivity contribution >= 4 is 28.3 Å². The monoisotopic (exact) mass is 363 g/mol. The van der Waals surface area contributed by atoms with Crippen molar-refractivity contribution < 1.29 is 9.53 Å². The Bertz CT molecular complexity index is 1140. The first-order valence-electron chi connectivity index (χ1n) is 8.69. The summed E-state index contributed by atoms with van der Waals surface area (Å²) in [5.41, 5.74) is 3.79.